The quantitative estimate of drug-likeness (QED) is 0.831. The van der Waals surface area contributed by atoms with Gasteiger partial charge in [0, 0.05) is 26.2 Å². The van der Waals surface area contributed by atoms with Gasteiger partial charge in [-0.25, -0.2) is 0 Å². The van der Waals surface area contributed by atoms with E-state index < -0.39 is 6.10 Å². The Labute approximate surface area is 132 Å². The van der Waals surface area contributed by atoms with E-state index in [1.165, 1.54) is 0 Å². The molecule has 0 aliphatic carbocycles. The average molecular weight is 306 g/mol. The molecule has 122 valence electrons. The van der Waals surface area contributed by atoms with Crippen molar-refractivity contribution in [1.29, 1.82) is 0 Å². The smallest absolute Gasteiger partial charge is 0.261 e. The van der Waals surface area contributed by atoms with E-state index >= 15 is 0 Å². The van der Waals surface area contributed by atoms with E-state index in [1.54, 1.807) is 0 Å². The van der Waals surface area contributed by atoms with Gasteiger partial charge in [0.2, 0.25) is 0 Å². The summed E-state index contributed by atoms with van der Waals surface area (Å²) < 4.78 is 11.1. The van der Waals surface area contributed by atoms with Crippen molar-refractivity contribution in [3.05, 3.63) is 29.8 Å². The van der Waals surface area contributed by atoms with Crippen LogP contribution >= 0.6 is 0 Å². The molecule has 1 heterocycles. The predicted molar refractivity (Wildman–Crippen MR) is 86.2 cm³/mol. The van der Waals surface area contributed by atoms with Crippen molar-refractivity contribution in [3.63, 3.8) is 0 Å². The highest BCUT2D eigenvalue weighted by Crippen LogP contribution is 2.15. The van der Waals surface area contributed by atoms with E-state index in [4.69, 9.17) is 9.47 Å². The van der Waals surface area contributed by atoms with Crippen LogP contribution < -0.4 is 10.1 Å². The van der Waals surface area contributed by atoms with Gasteiger partial charge in [-0.3, -0.25) is 9.69 Å². The number of ether oxygens (including phenoxy) is 2. The minimum absolute atomic E-state index is 0.0442. The Morgan fingerprint density at radius 1 is 1.41 bits per heavy atom. The maximum atomic E-state index is 12.2. The summed E-state index contributed by atoms with van der Waals surface area (Å²) >= 11 is 0. The molecule has 1 fully saturated rings. The van der Waals surface area contributed by atoms with E-state index in [2.05, 4.69) is 10.2 Å². The molecule has 1 amide bonds. The SMILES string of the molecule is CC[C@H](Oc1cccc(C)c1)C(=O)NCCN1CCOCC1. The van der Waals surface area contributed by atoms with E-state index in [9.17, 15) is 4.79 Å². The van der Waals surface area contributed by atoms with Gasteiger partial charge >= 0.3 is 0 Å². The van der Waals surface area contributed by atoms with Crippen LogP contribution in [0.25, 0.3) is 0 Å². The fourth-order valence-electron chi connectivity index (χ4n) is 2.45. The van der Waals surface area contributed by atoms with Crippen molar-refractivity contribution in [2.24, 2.45) is 0 Å². The van der Waals surface area contributed by atoms with Crippen LogP contribution in [0.3, 0.4) is 0 Å². The molecular weight excluding hydrogens is 280 g/mol. The maximum absolute atomic E-state index is 12.2. The molecule has 1 N–H and O–H groups in total. The number of morpholine rings is 1. The van der Waals surface area contributed by atoms with Crippen LogP contribution in [-0.4, -0.2) is 56.3 Å². The second-order valence-corrected chi connectivity index (χ2v) is 5.58. The fourth-order valence-corrected chi connectivity index (χ4v) is 2.45. The molecule has 22 heavy (non-hydrogen) atoms. The fraction of sp³-hybridized carbons (Fsp3) is 0.588. The Hall–Kier alpha value is -1.59. The zero-order valence-corrected chi connectivity index (χ0v) is 13.5. The summed E-state index contributed by atoms with van der Waals surface area (Å²) in [6.45, 7) is 8.91. The first-order valence-electron chi connectivity index (χ1n) is 8.00. The van der Waals surface area contributed by atoms with Crippen LogP contribution in [0.2, 0.25) is 0 Å². The first kappa shape index (κ1) is 16.8. The highest BCUT2D eigenvalue weighted by Gasteiger charge is 2.18. The van der Waals surface area contributed by atoms with Gasteiger partial charge in [-0.2, -0.15) is 0 Å². The van der Waals surface area contributed by atoms with Crippen molar-refractivity contribution >= 4 is 5.91 Å². The third kappa shape index (κ3) is 5.31. The zero-order chi connectivity index (χ0) is 15.8. The number of rotatable bonds is 7. The van der Waals surface area contributed by atoms with Gasteiger partial charge in [-0.15, -0.1) is 0 Å². The van der Waals surface area contributed by atoms with Crippen LogP contribution in [0, 0.1) is 6.92 Å². The molecule has 0 unspecified atom stereocenters. The van der Waals surface area contributed by atoms with Crippen LogP contribution in [0.1, 0.15) is 18.9 Å². The summed E-state index contributed by atoms with van der Waals surface area (Å²) in [6.07, 6.45) is 0.212. The van der Waals surface area contributed by atoms with Gasteiger partial charge in [0.25, 0.3) is 5.91 Å². The summed E-state index contributed by atoms with van der Waals surface area (Å²) in [6, 6.07) is 7.78. The molecule has 1 saturated heterocycles. The van der Waals surface area contributed by atoms with Crippen molar-refractivity contribution in [1.82, 2.24) is 10.2 Å². The molecule has 1 aliphatic rings. The summed E-state index contributed by atoms with van der Waals surface area (Å²) in [5.41, 5.74) is 1.13. The number of hydrogen-bond donors (Lipinski definition) is 1. The van der Waals surface area contributed by atoms with Crippen LogP contribution in [-0.2, 0) is 9.53 Å². The lowest BCUT2D eigenvalue weighted by atomic mass is 10.2. The Morgan fingerprint density at radius 2 is 2.18 bits per heavy atom. The van der Waals surface area contributed by atoms with Crippen LogP contribution in [0.15, 0.2) is 24.3 Å². The molecule has 1 aromatic rings. The maximum Gasteiger partial charge on any atom is 0.261 e. The topological polar surface area (TPSA) is 50.8 Å². The molecular formula is C17H26N2O3. The zero-order valence-electron chi connectivity index (χ0n) is 13.5. The lowest BCUT2D eigenvalue weighted by Gasteiger charge is -2.26. The number of carbonyl (C=O) groups excluding carboxylic acids is 1. The molecule has 0 spiro atoms. The lowest BCUT2D eigenvalue weighted by molar-refractivity contribution is -0.128. The van der Waals surface area contributed by atoms with Gasteiger partial charge in [0.15, 0.2) is 6.10 Å². The monoisotopic (exact) mass is 306 g/mol. The minimum atomic E-state index is -0.438. The van der Waals surface area contributed by atoms with Crippen molar-refractivity contribution in [3.8, 4) is 5.75 Å². The van der Waals surface area contributed by atoms with Gasteiger partial charge in [0.1, 0.15) is 5.75 Å². The number of carbonyl (C=O) groups is 1. The second-order valence-electron chi connectivity index (χ2n) is 5.58. The van der Waals surface area contributed by atoms with E-state index in [0.717, 1.165) is 44.2 Å². The predicted octanol–water partition coefficient (Wildman–Crippen LogP) is 1.60. The molecule has 0 radical (unpaired) electrons. The van der Waals surface area contributed by atoms with Gasteiger partial charge < -0.3 is 14.8 Å². The normalized spacial score (nSPS) is 17.0. The van der Waals surface area contributed by atoms with E-state index in [1.807, 2.05) is 38.1 Å². The minimum Gasteiger partial charge on any atom is -0.481 e. The molecule has 5 nitrogen and oxygen atoms in total. The Morgan fingerprint density at radius 3 is 2.86 bits per heavy atom. The van der Waals surface area contributed by atoms with Gasteiger partial charge in [-0.05, 0) is 31.0 Å². The standard InChI is InChI=1S/C17H26N2O3/c1-3-16(22-15-6-4-5-14(2)13-15)17(20)18-7-8-19-9-11-21-12-10-19/h4-6,13,16H,3,7-12H2,1-2H3,(H,18,20)/t16-/m0/s1. The first-order chi connectivity index (χ1) is 10.7. The second kappa shape index (κ2) is 8.76. The molecule has 5 heteroatoms. The number of amides is 1. The number of benzene rings is 1. The molecule has 2 rings (SSSR count). The van der Waals surface area contributed by atoms with Crippen molar-refractivity contribution in [2.75, 3.05) is 39.4 Å². The molecule has 0 aromatic heterocycles. The lowest BCUT2D eigenvalue weighted by Crippen LogP contribution is -2.44. The van der Waals surface area contributed by atoms with E-state index in [-0.39, 0.29) is 5.91 Å². The number of nitrogens with one attached hydrogen (secondary N) is 1. The van der Waals surface area contributed by atoms with Crippen LogP contribution in [0.5, 0.6) is 5.75 Å². The molecule has 1 aromatic carbocycles. The van der Waals surface area contributed by atoms with Gasteiger partial charge in [0.05, 0.1) is 13.2 Å². The number of hydrogen-bond acceptors (Lipinski definition) is 4. The Bertz CT molecular complexity index is 473. The average Bonchev–Trinajstić information content (AvgIpc) is 2.53. The first-order valence-corrected chi connectivity index (χ1v) is 8.00. The van der Waals surface area contributed by atoms with Crippen LogP contribution in [0.4, 0.5) is 0 Å². The van der Waals surface area contributed by atoms with Gasteiger partial charge in [-0.1, -0.05) is 19.1 Å². The highest BCUT2D eigenvalue weighted by atomic mass is 16.5. The third-order valence-electron chi connectivity index (χ3n) is 3.76. The van der Waals surface area contributed by atoms with Crippen molar-refractivity contribution < 1.29 is 14.3 Å². The molecule has 1 atom stereocenters. The van der Waals surface area contributed by atoms with E-state index in [0.29, 0.717) is 13.0 Å². The summed E-state index contributed by atoms with van der Waals surface area (Å²) in [5, 5.41) is 2.97. The summed E-state index contributed by atoms with van der Waals surface area (Å²) in [7, 11) is 0. The largest absolute Gasteiger partial charge is 0.481 e. The summed E-state index contributed by atoms with van der Waals surface area (Å²) in [5.74, 6) is 0.701. The highest BCUT2D eigenvalue weighted by molar-refractivity contribution is 5.81. The molecule has 0 bridgehead atoms. The Balaban J connectivity index is 1.76. The number of aryl methyl sites for hydroxylation is 1. The third-order valence-corrected chi connectivity index (χ3v) is 3.76. The number of nitrogens with zero attached hydrogens (tertiary/aromatic N) is 1. The van der Waals surface area contributed by atoms with Crippen molar-refractivity contribution in [2.45, 2.75) is 26.4 Å². The molecule has 0 saturated carbocycles. The summed E-state index contributed by atoms with van der Waals surface area (Å²) in [4.78, 5) is 14.5. The molecule has 1 aliphatic heterocycles. The Kier molecular flexibility index (Phi) is 6.68.